The van der Waals surface area contributed by atoms with Gasteiger partial charge in [-0.2, -0.15) is 0 Å². The highest BCUT2D eigenvalue weighted by Gasteiger charge is 2.24. The van der Waals surface area contributed by atoms with Gasteiger partial charge in [0.15, 0.2) is 5.76 Å². The maximum Gasteiger partial charge on any atom is 0.262 e. The van der Waals surface area contributed by atoms with Crippen molar-refractivity contribution < 1.29 is 22.9 Å². The van der Waals surface area contributed by atoms with E-state index in [4.69, 9.17) is 4.52 Å². The zero-order chi connectivity index (χ0) is 17.1. The number of rotatable bonds is 4. The van der Waals surface area contributed by atoms with E-state index in [0.717, 1.165) is 12.1 Å². The van der Waals surface area contributed by atoms with Gasteiger partial charge >= 0.3 is 0 Å². The zero-order valence-corrected chi connectivity index (χ0v) is 12.2. The Labute approximate surface area is 134 Å². The Balaban J connectivity index is 1.66. The quantitative estimate of drug-likeness (QED) is 0.869. The van der Waals surface area contributed by atoms with Crippen LogP contribution >= 0.6 is 0 Å². The molecule has 2 aromatic rings. The Hall–Kier alpha value is -3.16. The highest BCUT2D eigenvalue weighted by atomic mass is 19.1. The highest BCUT2D eigenvalue weighted by Crippen LogP contribution is 2.24. The molecule has 24 heavy (non-hydrogen) atoms. The van der Waals surface area contributed by atoms with Crippen molar-refractivity contribution in [2.24, 2.45) is 10.9 Å². The van der Waals surface area contributed by atoms with Crippen molar-refractivity contribution >= 4 is 18.0 Å². The molecule has 2 heterocycles. The number of nitrogens with zero attached hydrogens (tertiary/aromatic N) is 2. The van der Waals surface area contributed by atoms with Crippen LogP contribution in [0.2, 0.25) is 0 Å². The lowest BCUT2D eigenvalue weighted by Crippen LogP contribution is -2.34. The van der Waals surface area contributed by atoms with Crippen molar-refractivity contribution in [1.82, 2.24) is 10.5 Å². The van der Waals surface area contributed by atoms with E-state index in [0.29, 0.717) is 5.69 Å². The van der Waals surface area contributed by atoms with Crippen LogP contribution in [0.15, 0.2) is 45.9 Å². The molecule has 2 amide bonds. The van der Waals surface area contributed by atoms with Crippen LogP contribution < -0.4 is 5.32 Å². The smallest absolute Gasteiger partial charge is 0.262 e. The fraction of sp³-hybridized carbons (Fsp3) is 0.125. The van der Waals surface area contributed by atoms with Crippen molar-refractivity contribution in [1.29, 1.82) is 0 Å². The fourth-order valence-corrected chi connectivity index (χ4v) is 2.14. The van der Waals surface area contributed by atoms with Crippen molar-refractivity contribution in [2.75, 3.05) is 0 Å². The molecule has 0 aliphatic carbocycles. The molecule has 1 aromatic carbocycles. The average Bonchev–Trinajstić information content (AvgIpc) is 3.01. The van der Waals surface area contributed by atoms with Gasteiger partial charge in [-0.05, 0) is 18.2 Å². The normalized spacial score (nSPS) is 16.4. The van der Waals surface area contributed by atoms with Crippen molar-refractivity contribution in [3.63, 3.8) is 0 Å². The maximum absolute atomic E-state index is 13.7. The molecule has 0 radical (unpaired) electrons. The molecule has 0 fully saturated rings. The van der Waals surface area contributed by atoms with Gasteiger partial charge in [0.25, 0.3) is 5.91 Å². The lowest BCUT2D eigenvalue weighted by atomic mass is 10.1. The summed E-state index contributed by atoms with van der Waals surface area (Å²) in [6, 6.07) is 4.50. The Bertz CT molecular complexity index is 858. The van der Waals surface area contributed by atoms with E-state index in [1.54, 1.807) is 0 Å². The third-order valence-corrected chi connectivity index (χ3v) is 3.34. The molecular formula is C16H11F2N3O3. The van der Waals surface area contributed by atoms with Crippen LogP contribution in [0, 0.1) is 17.6 Å². The van der Waals surface area contributed by atoms with E-state index in [2.05, 4.69) is 15.5 Å². The largest absolute Gasteiger partial charge is 0.356 e. The molecule has 8 heteroatoms. The summed E-state index contributed by atoms with van der Waals surface area (Å²) < 4.78 is 31.6. The van der Waals surface area contributed by atoms with Crippen LogP contribution in [-0.4, -0.2) is 23.2 Å². The number of dihydropyridines is 1. The second-order valence-corrected chi connectivity index (χ2v) is 5.00. The number of carbonyl (C=O) groups excluding carboxylic acids is 2. The first-order chi connectivity index (χ1) is 11.5. The van der Waals surface area contributed by atoms with Gasteiger partial charge in [-0.3, -0.25) is 9.59 Å². The summed E-state index contributed by atoms with van der Waals surface area (Å²) in [5, 5.41) is 6.24. The number of halogens is 2. The summed E-state index contributed by atoms with van der Waals surface area (Å²) >= 11 is 0. The molecule has 0 saturated carbocycles. The van der Waals surface area contributed by atoms with E-state index in [9.17, 15) is 18.4 Å². The first-order valence-electron chi connectivity index (χ1n) is 6.98. The van der Waals surface area contributed by atoms with Crippen LogP contribution in [0.1, 0.15) is 5.69 Å². The first kappa shape index (κ1) is 15.7. The number of amides is 2. The van der Waals surface area contributed by atoms with E-state index in [1.807, 2.05) is 0 Å². The van der Waals surface area contributed by atoms with Gasteiger partial charge < -0.3 is 9.84 Å². The molecular weight excluding hydrogens is 320 g/mol. The molecule has 1 aliphatic rings. The summed E-state index contributed by atoms with van der Waals surface area (Å²) in [4.78, 5) is 26.9. The zero-order valence-electron chi connectivity index (χ0n) is 12.2. The third kappa shape index (κ3) is 3.27. The van der Waals surface area contributed by atoms with Gasteiger partial charge in [-0.1, -0.05) is 11.2 Å². The number of nitrogens with one attached hydrogen (secondary N) is 1. The van der Waals surface area contributed by atoms with Crippen LogP contribution in [0.25, 0.3) is 11.3 Å². The van der Waals surface area contributed by atoms with Gasteiger partial charge in [-0.15, -0.1) is 0 Å². The predicted molar refractivity (Wildman–Crippen MR) is 79.8 cm³/mol. The van der Waals surface area contributed by atoms with Crippen LogP contribution in [0.4, 0.5) is 8.78 Å². The topological polar surface area (TPSA) is 84.6 Å². The molecule has 1 atom stereocenters. The average molecular weight is 331 g/mol. The first-order valence-corrected chi connectivity index (χ1v) is 6.98. The van der Waals surface area contributed by atoms with Crippen LogP contribution in [0.3, 0.4) is 0 Å². The van der Waals surface area contributed by atoms with E-state index >= 15 is 0 Å². The number of carbonyl (C=O) groups is 2. The molecule has 0 spiro atoms. The number of aromatic nitrogens is 1. The molecule has 6 nitrogen and oxygen atoms in total. The van der Waals surface area contributed by atoms with E-state index in [1.165, 1.54) is 30.5 Å². The van der Waals surface area contributed by atoms with Gasteiger partial charge in [-0.25, -0.2) is 13.8 Å². The molecule has 1 unspecified atom stereocenters. The van der Waals surface area contributed by atoms with Crippen molar-refractivity contribution in [3.8, 4) is 11.3 Å². The maximum atomic E-state index is 13.7. The second kappa shape index (κ2) is 6.53. The SMILES string of the molecule is O=C1N=CC=CC1C(=O)NCc1cc(-c2ccc(F)cc2F)on1. The van der Waals surface area contributed by atoms with Crippen LogP contribution in [0.5, 0.6) is 0 Å². The summed E-state index contributed by atoms with van der Waals surface area (Å²) in [7, 11) is 0. The highest BCUT2D eigenvalue weighted by molar-refractivity contribution is 6.07. The minimum absolute atomic E-state index is 0.00746. The van der Waals surface area contributed by atoms with E-state index < -0.39 is 29.4 Å². The summed E-state index contributed by atoms with van der Waals surface area (Å²) in [6.07, 6.45) is 4.26. The summed E-state index contributed by atoms with van der Waals surface area (Å²) in [6.45, 7) is -0.00746. The standard InChI is InChI=1S/C16H11F2N3O3/c17-9-3-4-11(13(18)6-9)14-7-10(21-24-14)8-20-16(23)12-2-1-5-19-15(12)22/h1-7,12H,8H2,(H,20,23). The molecule has 0 saturated heterocycles. The molecule has 1 N–H and O–H groups in total. The van der Waals surface area contributed by atoms with Crippen molar-refractivity contribution in [2.45, 2.75) is 6.54 Å². The Morgan fingerprint density at radius 1 is 1.29 bits per heavy atom. The number of hydrogen-bond acceptors (Lipinski definition) is 4. The van der Waals surface area contributed by atoms with Gasteiger partial charge in [0.1, 0.15) is 23.2 Å². The monoisotopic (exact) mass is 331 g/mol. The summed E-state index contributed by atoms with van der Waals surface area (Å²) in [5.41, 5.74) is 0.388. The minimum Gasteiger partial charge on any atom is -0.356 e. The van der Waals surface area contributed by atoms with Crippen LogP contribution in [-0.2, 0) is 16.1 Å². The van der Waals surface area contributed by atoms with Gasteiger partial charge in [0, 0.05) is 18.3 Å². The van der Waals surface area contributed by atoms with Crippen molar-refractivity contribution in [3.05, 3.63) is 53.7 Å². The van der Waals surface area contributed by atoms with E-state index in [-0.39, 0.29) is 17.9 Å². The second-order valence-electron chi connectivity index (χ2n) is 5.00. The summed E-state index contributed by atoms with van der Waals surface area (Å²) in [5.74, 6) is -3.42. The Morgan fingerprint density at radius 3 is 2.88 bits per heavy atom. The molecule has 0 bridgehead atoms. The number of benzene rings is 1. The molecule has 1 aromatic heterocycles. The Kier molecular flexibility index (Phi) is 4.28. The number of aliphatic imine (C=N–C) groups is 1. The minimum atomic E-state index is -0.976. The fourth-order valence-electron chi connectivity index (χ4n) is 2.14. The third-order valence-electron chi connectivity index (χ3n) is 3.34. The Morgan fingerprint density at radius 2 is 2.12 bits per heavy atom. The lowest BCUT2D eigenvalue weighted by molar-refractivity contribution is -0.131. The predicted octanol–water partition coefficient (Wildman–Crippen LogP) is 2.02. The van der Waals surface area contributed by atoms with Gasteiger partial charge in [0.05, 0.1) is 12.1 Å². The number of allylic oxidation sites excluding steroid dienone is 1. The van der Waals surface area contributed by atoms with Gasteiger partial charge in [0.2, 0.25) is 5.91 Å². The number of hydrogen-bond donors (Lipinski definition) is 1. The molecule has 1 aliphatic heterocycles. The lowest BCUT2D eigenvalue weighted by Gasteiger charge is -2.10. The molecule has 3 rings (SSSR count). The molecule has 122 valence electrons.